The van der Waals surface area contributed by atoms with Gasteiger partial charge >= 0.3 is 0 Å². The van der Waals surface area contributed by atoms with E-state index in [0.29, 0.717) is 5.92 Å². The standard InChI is InChI=1S/C25H30F2N6O/c1-4-18(5-2)12-29-21-7-9-24-19(10-21)13-33(31-24)17(3)25(34,14-32-16-28-15-30-32)22-8-6-20(26)11-23(22)27/h6-11,13,15-18,29,34H,4-5,12,14H2,1-3H3/t17-,25-/m1/s1. The lowest BCUT2D eigenvalue weighted by Gasteiger charge is -2.34. The number of hydrogen-bond donors (Lipinski definition) is 2. The number of aliphatic hydroxyl groups is 1. The number of anilines is 1. The van der Waals surface area contributed by atoms with Gasteiger partial charge in [-0.3, -0.25) is 4.68 Å². The highest BCUT2D eigenvalue weighted by molar-refractivity contribution is 5.82. The molecule has 0 saturated carbocycles. The molecule has 0 saturated heterocycles. The highest BCUT2D eigenvalue weighted by Crippen LogP contribution is 2.37. The molecule has 0 aliphatic rings. The molecule has 2 N–H and O–H groups in total. The Bertz CT molecular complexity index is 1240. The molecule has 0 aliphatic heterocycles. The molecular formula is C25H30F2N6O. The summed E-state index contributed by atoms with van der Waals surface area (Å²) in [5.74, 6) is -0.940. The Morgan fingerprint density at radius 2 is 1.91 bits per heavy atom. The summed E-state index contributed by atoms with van der Waals surface area (Å²) in [6.45, 7) is 6.93. The number of rotatable bonds is 10. The summed E-state index contributed by atoms with van der Waals surface area (Å²) in [6, 6.07) is 8.38. The molecule has 0 aliphatic carbocycles. The van der Waals surface area contributed by atoms with Crippen LogP contribution in [-0.4, -0.2) is 36.2 Å². The lowest BCUT2D eigenvalue weighted by atomic mass is 9.86. The van der Waals surface area contributed by atoms with Gasteiger partial charge in [0.15, 0.2) is 0 Å². The fourth-order valence-electron chi connectivity index (χ4n) is 4.26. The van der Waals surface area contributed by atoms with Gasteiger partial charge in [0.05, 0.1) is 18.1 Å². The summed E-state index contributed by atoms with van der Waals surface area (Å²) in [7, 11) is 0. The van der Waals surface area contributed by atoms with Gasteiger partial charge < -0.3 is 10.4 Å². The number of fused-ring (bicyclic) bond motifs is 1. The van der Waals surface area contributed by atoms with Gasteiger partial charge in [0.2, 0.25) is 0 Å². The first kappa shape index (κ1) is 23.8. The molecular weight excluding hydrogens is 438 g/mol. The quantitative estimate of drug-likeness (QED) is 0.346. The monoisotopic (exact) mass is 468 g/mol. The van der Waals surface area contributed by atoms with E-state index < -0.39 is 23.3 Å². The maximum Gasteiger partial charge on any atom is 0.137 e. The van der Waals surface area contributed by atoms with Crippen LogP contribution in [0.25, 0.3) is 10.9 Å². The van der Waals surface area contributed by atoms with Crippen LogP contribution in [0.15, 0.2) is 55.2 Å². The van der Waals surface area contributed by atoms with E-state index >= 15 is 0 Å². The van der Waals surface area contributed by atoms with Crippen LogP contribution in [0, 0.1) is 17.6 Å². The molecule has 9 heteroatoms. The van der Waals surface area contributed by atoms with E-state index in [0.717, 1.165) is 48.1 Å². The van der Waals surface area contributed by atoms with Crippen molar-refractivity contribution >= 4 is 16.6 Å². The number of nitrogens with zero attached hydrogens (tertiary/aromatic N) is 5. The second kappa shape index (κ2) is 9.89. The van der Waals surface area contributed by atoms with Gasteiger partial charge in [0, 0.05) is 35.4 Å². The summed E-state index contributed by atoms with van der Waals surface area (Å²) in [5, 5.41) is 24.9. The third kappa shape index (κ3) is 4.79. The van der Waals surface area contributed by atoms with E-state index in [1.165, 1.54) is 23.4 Å². The first-order valence-electron chi connectivity index (χ1n) is 11.6. The van der Waals surface area contributed by atoms with Gasteiger partial charge in [-0.05, 0) is 37.1 Å². The molecule has 2 aromatic heterocycles. The van der Waals surface area contributed by atoms with E-state index in [9.17, 15) is 13.9 Å². The fourth-order valence-corrected chi connectivity index (χ4v) is 4.26. The van der Waals surface area contributed by atoms with Gasteiger partial charge in [-0.25, -0.2) is 18.4 Å². The SMILES string of the molecule is CCC(CC)CNc1ccc2nn([C@H](C)[C@](O)(Cn3cncn3)c3ccc(F)cc3F)cc2c1. The molecule has 2 heterocycles. The second-order valence-electron chi connectivity index (χ2n) is 8.76. The largest absolute Gasteiger partial charge is 0.385 e. The lowest BCUT2D eigenvalue weighted by Crippen LogP contribution is -2.40. The molecule has 34 heavy (non-hydrogen) atoms. The first-order chi connectivity index (χ1) is 16.3. The van der Waals surface area contributed by atoms with Crippen molar-refractivity contribution in [2.24, 2.45) is 5.92 Å². The summed E-state index contributed by atoms with van der Waals surface area (Å²) in [4.78, 5) is 3.91. The van der Waals surface area contributed by atoms with Crippen LogP contribution in [-0.2, 0) is 12.1 Å². The molecule has 0 bridgehead atoms. The average molecular weight is 469 g/mol. The van der Waals surface area contributed by atoms with Crippen molar-refractivity contribution in [2.45, 2.75) is 51.8 Å². The maximum atomic E-state index is 14.8. The van der Waals surface area contributed by atoms with E-state index in [1.807, 2.05) is 24.4 Å². The molecule has 2 aromatic carbocycles. The van der Waals surface area contributed by atoms with Crippen molar-refractivity contribution in [2.75, 3.05) is 11.9 Å². The van der Waals surface area contributed by atoms with Crippen LogP contribution in [0.1, 0.15) is 45.2 Å². The zero-order chi connectivity index (χ0) is 24.3. The van der Waals surface area contributed by atoms with E-state index in [4.69, 9.17) is 0 Å². The molecule has 180 valence electrons. The average Bonchev–Trinajstić information content (AvgIpc) is 3.48. The second-order valence-corrected chi connectivity index (χ2v) is 8.76. The van der Waals surface area contributed by atoms with Crippen molar-refractivity contribution in [3.05, 3.63) is 72.4 Å². The van der Waals surface area contributed by atoms with Crippen molar-refractivity contribution in [1.82, 2.24) is 24.5 Å². The first-order valence-corrected chi connectivity index (χ1v) is 11.6. The van der Waals surface area contributed by atoms with Crippen molar-refractivity contribution < 1.29 is 13.9 Å². The van der Waals surface area contributed by atoms with E-state index in [2.05, 4.69) is 34.3 Å². The number of hydrogen-bond acceptors (Lipinski definition) is 5. The molecule has 0 fully saturated rings. The van der Waals surface area contributed by atoms with Crippen LogP contribution < -0.4 is 5.32 Å². The number of aromatic nitrogens is 5. The number of halogens is 2. The van der Waals surface area contributed by atoms with Gasteiger partial charge in [-0.1, -0.05) is 32.8 Å². The summed E-state index contributed by atoms with van der Waals surface area (Å²) in [5.41, 5.74) is -0.0648. The van der Waals surface area contributed by atoms with Gasteiger partial charge in [0.25, 0.3) is 0 Å². The van der Waals surface area contributed by atoms with Crippen LogP contribution in [0.2, 0.25) is 0 Å². The van der Waals surface area contributed by atoms with Crippen LogP contribution >= 0.6 is 0 Å². The molecule has 0 amide bonds. The molecule has 0 spiro atoms. The van der Waals surface area contributed by atoms with Gasteiger partial charge in [0.1, 0.15) is 29.9 Å². The third-order valence-corrected chi connectivity index (χ3v) is 6.63. The highest BCUT2D eigenvalue weighted by Gasteiger charge is 2.40. The Morgan fingerprint density at radius 3 is 2.59 bits per heavy atom. The Balaban J connectivity index is 1.68. The zero-order valence-corrected chi connectivity index (χ0v) is 19.6. The minimum absolute atomic E-state index is 0.0380. The zero-order valence-electron chi connectivity index (χ0n) is 19.6. The molecule has 4 aromatic rings. The van der Waals surface area contributed by atoms with Crippen molar-refractivity contribution in [1.29, 1.82) is 0 Å². The lowest BCUT2D eigenvalue weighted by molar-refractivity contribution is -0.0366. The number of benzene rings is 2. The molecule has 7 nitrogen and oxygen atoms in total. The van der Waals surface area contributed by atoms with Crippen molar-refractivity contribution in [3.63, 3.8) is 0 Å². The minimum atomic E-state index is -1.77. The Kier molecular flexibility index (Phi) is 6.92. The Hall–Kier alpha value is -3.33. The van der Waals surface area contributed by atoms with Gasteiger partial charge in [-0.2, -0.15) is 10.2 Å². The van der Waals surface area contributed by atoms with E-state index in [1.54, 1.807) is 11.6 Å². The van der Waals surface area contributed by atoms with Crippen LogP contribution in [0.4, 0.5) is 14.5 Å². The number of nitrogens with one attached hydrogen (secondary N) is 1. The van der Waals surface area contributed by atoms with Crippen LogP contribution in [0.3, 0.4) is 0 Å². The Morgan fingerprint density at radius 1 is 1.12 bits per heavy atom. The maximum absolute atomic E-state index is 14.8. The topological polar surface area (TPSA) is 80.8 Å². The summed E-state index contributed by atoms with van der Waals surface area (Å²) < 4.78 is 31.5. The summed E-state index contributed by atoms with van der Waals surface area (Å²) >= 11 is 0. The third-order valence-electron chi connectivity index (χ3n) is 6.63. The normalized spacial score (nSPS) is 14.4. The predicted molar refractivity (Wildman–Crippen MR) is 127 cm³/mol. The predicted octanol–water partition coefficient (Wildman–Crippen LogP) is 4.90. The molecule has 4 rings (SSSR count). The minimum Gasteiger partial charge on any atom is -0.385 e. The van der Waals surface area contributed by atoms with Crippen molar-refractivity contribution in [3.8, 4) is 0 Å². The molecule has 0 unspecified atom stereocenters. The molecule has 2 atom stereocenters. The smallest absolute Gasteiger partial charge is 0.137 e. The fraction of sp³-hybridized carbons (Fsp3) is 0.400. The van der Waals surface area contributed by atoms with E-state index in [-0.39, 0.29) is 12.1 Å². The van der Waals surface area contributed by atoms with Gasteiger partial charge in [-0.15, -0.1) is 0 Å². The summed E-state index contributed by atoms with van der Waals surface area (Å²) in [6.07, 6.45) is 6.84. The Labute approximate surface area is 197 Å². The molecule has 0 radical (unpaired) electrons. The van der Waals surface area contributed by atoms with Crippen LogP contribution in [0.5, 0.6) is 0 Å². The highest BCUT2D eigenvalue weighted by atomic mass is 19.1.